The van der Waals surface area contributed by atoms with Gasteiger partial charge >= 0.3 is 5.97 Å². The van der Waals surface area contributed by atoms with Crippen molar-refractivity contribution in [3.63, 3.8) is 0 Å². The van der Waals surface area contributed by atoms with E-state index in [1.165, 1.54) is 6.20 Å². The number of para-hydroxylation sites is 1. The molecule has 1 aromatic carbocycles. The van der Waals surface area contributed by atoms with Crippen molar-refractivity contribution in [2.45, 2.75) is 13.3 Å². The first-order valence-corrected chi connectivity index (χ1v) is 7.28. The van der Waals surface area contributed by atoms with Crippen molar-refractivity contribution in [2.75, 3.05) is 24.6 Å². The van der Waals surface area contributed by atoms with Gasteiger partial charge < -0.3 is 14.7 Å². The molecule has 0 spiro atoms. The van der Waals surface area contributed by atoms with Crippen LogP contribution in [-0.2, 0) is 4.74 Å². The Morgan fingerprint density at radius 1 is 1.36 bits per heavy atom. The van der Waals surface area contributed by atoms with Crippen LogP contribution in [-0.4, -0.2) is 40.7 Å². The highest BCUT2D eigenvalue weighted by atomic mass is 16.5. The molecule has 2 heterocycles. The third-order valence-electron chi connectivity index (χ3n) is 3.56. The molecule has 2 aromatic rings. The van der Waals surface area contributed by atoms with Crippen LogP contribution in [0.25, 0.3) is 11.4 Å². The Kier molecular flexibility index (Phi) is 3.91. The highest BCUT2D eigenvalue weighted by Crippen LogP contribution is 2.30. The molecule has 1 N–H and O–H groups in total. The second kappa shape index (κ2) is 6.01. The molecule has 114 valence electrons. The third kappa shape index (κ3) is 2.59. The lowest BCUT2D eigenvalue weighted by Crippen LogP contribution is -2.39. The van der Waals surface area contributed by atoms with Crippen LogP contribution in [0.15, 0.2) is 30.5 Å². The zero-order valence-electron chi connectivity index (χ0n) is 12.3. The van der Waals surface area contributed by atoms with Crippen LogP contribution in [0.5, 0.6) is 5.75 Å². The standard InChI is InChI=1S/C16H17N3O3/c1-2-22-16(21)12-10-17-14(11-6-3-4-7-13(11)20)18-15(12)19-8-5-9-19/h3-4,6-7,10,20H,2,5,8-9H2,1H3. The van der Waals surface area contributed by atoms with Crippen molar-refractivity contribution >= 4 is 11.8 Å². The highest BCUT2D eigenvalue weighted by molar-refractivity contribution is 5.95. The number of esters is 1. The normalized spacial score (nSPS) is 13.6. The van der Waals surface area contributed by atoms with Gasteiger partial charge in [0, 0.05) is 19.3 Å². The van der Waals surface area contributed by atoms with E-state index in [1.54, 1.807) is 31.2 Å². The lowest BCUT2D eigenvalue weighted by Gasteiger charge is -2.33. The number of phenols is 1. The topological polar surface area (TPSA) is 75.5 Å². The van der Waals surface area contributed by atoms with Crippen molar-refractivity contribution in [3.8, 4) is 17.1 Å². The van der Waals surface area contributed by atoms with Crippen LogP contribution in [0.4, 0.5) is 5.82 Å². The summed E-state index contributed by atoms with van der Waals surface area (Å²) >= 11 is 0. The zero-order chi connectivity index (χ0) is 15.5. The number of benzene rings is 1. The predicted molar refractivity (Wildman–Crippen MR) is 81.9 cm³/mol. The molecule has 6 heteroatoms. The molecule has 0 amide bonds. The molecule has 0 aliphatic carbocycles. The van der Waals surface area contributed by atoms with Crippen molar-refractivity contribution in [1.29, 1.82) is 0 Å². The number of phenolic OH excluding ortho intramolecular Hbond substituents is 1. The van der Waals surface area contributed by atoms with E-state index in [4.69, 9.17) is 4.74 Å². The van der Waals surface area contributed by atoms with Gasteiger partial charge in [-0.25, -0.2) is 14.8 Å². The highest BCUT2D eigenvalue weighted by Gasteiger charge is 2.25. The number of nitrogens with zero attached hydrogens (tertiary/aromatic N) is 3. The second-order valence-electron chi connectivity index (χ2n) is 5.01. The van der Waals surface area contributed by atoms with Crippen LogP contribution in [0.2, 0.25) is 0 Å². The number of carbonyl (C=O) groups excluding carboxylic acids is 1. The van der Waals surface area contributed by atoms with E-state index in [9.17, 15) is 9.90 Å². The molecule has 6 nitrogen and oxygen atoms in total. The Labute approximate surface area is 128 Å². The minimum Gasteiger partial charge on any atom is -0.507 e. The Morgan fingerprint density at radius 3 is 2.77 bits per heavy atom. The molecular formula is C16H17N3O3. The van der Waals surface area contributed by atoms with E-state index < -0.39 is 5.97 Å². The summed E-state index contributed by atoms with van der Waals surface area (Å²) in [5.41, 5.74) is 0.903. The largest absolute Gasteiger partial charge is 0.507 e. The average Bonchev–Trinajstić information content (AvgIpc) is 2.46. The van der Waals surface area contributed by atoms with Gasteiger partial charge in [-0.05, 0) is 25.5 Å². The smallest absolute Gasteiger partial charge is 0.343 e. The van der Waals surface area contributed by atoms with Crippen molar-refractivity contribution in [2.24, 2.45) is 0 Å². The zero-order valence-corrected chi connectivity index (χ0v) is 12.3. The lowest BCUT2D eigenvalue weighted by atomic mass is 10.1. The van der Waals surface area contributed by atoms with Crippen LogP contribution in [0, 0.1) is 0 Å². The summed E-state index contributed by atoms with van der Waals surface area (Å²) in [6.07, 6.45) is 2.54. The summed E-state index contributed by atoms with van der Waals surface area (Å²) in [6, 6.07) is 6.87. The SMILES string of the molecule is CCOC(=O)c1cnc(-c2ccccc2O)nc1N1CCC1. The third-order valence-corrected chi connectivity index (χ3v) is 3.56. The summed E-state index contributed by atoms with van der Waals surface area (Å²) in [7, 11) is 0. The maximum Gasteiger partial charge on any atom is 0.343 e. The fourth-order valence-corrected chi connectivity index (χ4v) is 2.29. The van der Waals surface area contributed by atoms with E-state index in [1.807, 2.05) is 4.90 Å². The Hall–Kier alpha value is -2.63. The molecule has 0 atom stereocenters. The van der Waals surface area contributed by atoms with Gasteiger partial charge in [0.2, 0.25) is 0 Å². The first kappa shape index (κ1) is 14.3. The maximum absolute atomic E-state index is 12.0. The van der Waals surface area contributed by atoms with Crippen molar-refractivity contribution in [3.05, 3.63) is 36.0 Å². The minimum atomic E-state index is -0.423. The van der Waals surface area contributed by atoms with Crippen LogP contribution >= 0.6 is 0 Å². The molecule has 0 bridgehead atoms. The fourth-order valence-electron chi connectivity index (χ4n) is 2.29. The summed E-state index contributed by atoms with van der Waals surface area (Å²) in [4.78, 5) is 22.8. The second-order valence-corrected chi connectivity index (χ2v) is 5.01. The number of aromatic hydroxyl groups is 1. The number of ether oxygens (including phenoxy) is 1. The van der Waals surface area contributed by atoms with Crippen LogP contribution in [0.3, 0.4) is 0 Å². The minimum absolute atomic E-state index is 0.112. The van der Waals surface area contributed by atoms with Gasteiger partial charge in [0.1, 0.15) is 17.1 Å². The monoisotopic (exact) mass is 299 g/mol. The molecule has 0 unspecified atom stereocenters. The molecule has 1 fully saturated rings. The van der Waals surface area contributed by atoms with Crippen molar-refractivity contribution < 1.29 is 14.6 Å². The summed E-state index contributed by atoms with van der Waals surface area (Å²) in [6.45, 7) is 3.77. The molecule has 1 aromatic heterocycles. The number of aromatic nitrogens is 2. The van der Waals surface area contributed by atoms with Crippen LogP contribution in [0.1, 0.15) is 23.7 Å². The van der Waals surface area contributed by atoms with Gasteiger partial charge in [0.05, 0.1) is 12.2 Å². The Bertz CT molecular complexity index is 699. The van der Waals surface area contributed by atoms with Gasteiger partial charge in [-0.3, -0.25) is 0 Å². The van der Waals surface area contributed by atoms with E-state index >= 15 is 0 Å². The Balaban J connectivity index is 2.04. The molecule has 22 heavy (non-hydrogen) atoms. The first-order valence-electron chi connectivity index (χ1n) is 7.28. The summed E-state index contributed by atoms with van der Waals surface area (Å²) in [5, 5.41) is 9.94. The maximum atomic E-state index is 12.0. The lowest BCUT2D eigenvalue weighted by molar-refractivity contribution is 0.0526. The van der Waals surface area contributed by atoms with E-state index in [0.29, 0.717) is 29.4 Å². The fraction of sp³-hybridized carbons (Fsp3) is 0.312. The van der Waals surface area contributed by atoms with Crippen LogP contribution < -0.4 is 4.90 Å². The predicted octanol–water partition coefficient (Wildman–Crippen LogP) is 2.24. The van der Waals surface area contributed by atoms with E-state index in [2.05, 4.69) is 9.97 Å². The number of carbonyl (C=O) groups is 1. The van der Waals surface area contributed by atoms with Gasteiger partial charge in [0.25, 0.3) is 0 Å². The van der Waals surface area contributed by atoms with Gasteiger partial charge in [-0.2, -0.15) is 0 Å². The van der Waals surface area contributed by atoms with Crippen molar-refractivity contribution in [1.82, 2.24) is 9.97 Å². The van der Waals surface area contributed by atoms with E-state index in [0.717, 1.165) is 19.5 Å². The van der Waals surface area contributed by atoms with Gasteiger partial charge in [0.15, 0.2) is 5.82 Å². The molecule has 1 aliphatic heterocycles. The van der Waals surface area contributed by atoms with Gasteiger partial charge in [-0.15, -0.1) is 0 Å². The molecular weight excluding hydrogens is 282 g/mol. The molecule has 3 rings (SSSR count). The molecule has 1 saturated heterocycles. The molecule has 0 radical (unpaired) electrons. The molecule has 0 saturated carbocycles. The summed E-state index contributed by atoms with van der Waals surface area (Å²) < 4.78 is 5.06. The number of hydrogen-bond donors (Lipinski definition) is 1. The quantitative estimate of drug-likeness (QED) is 0.873. The summed E-state index contributed by atoms with van der Waals surface area (Å²) in [5.74, 6) is 0.653. The van der Waals surface area contributed by atoms with E-state index in [-0.39, 0.29) is 5.75 Å². The number of hydrogen-bond acceptors (Lipinski definition) is 6. The number of rotatable bonds is 4. The van der Waals surface area contributed by atoms with Gasteiger partial charge in [-0.1, -0.05) is 12.1 Å². The average molecular weight is 299 g/mol. The Morgan fingerprint density at radius 2 is 2.14 bits per heavy atom. The number of anilines is 1. The molecule has 1 aliphatic rings. The first-order chi connectivity index (χ1) is 10.7.